The summed E-state index contributed by atoms with van der Waals surface area (Å²) in [6.07, 6.45) is 8.55. The van der Waals surface area contributed by atoms with E-state index in [9.17, 15) is 0 Å². The largest absolute Gasteiger partial charge is 0.155 e. The minimum Gasteiger partial charge on any atom is -0.155 e. The molecular weight excluding hydrogens is 200 g/mol. The Morgan fingerprint density at radius 3 is 1.53 bits per heavy atom. The predicted octanol–water partition coefficient (Wildman–Crippen LogP) is 5.12. The molecule has 0 spiro atoms. The Hall–Kier alpha value is 0.350. The summed E-state index contributed by atoms with van der Waals surface area (Å²) < 4.78 is 0. The van der Waals surface area contributed by atoms with Crippen molar-refractivity contribution in [2.45, 2.75) is 76.7 Å². The molecule has 1 saturated heterocycles. The zero-order valence-electron chi connectivity index (χ0n) is 11.0. The summed E-state index contributed by atoms with van der Waals surface area (Å²) in [5.74, 6) is 2.02. The fourth-order valence-electron chi connectivity index (χ4n) is 3.01. The Morgan fingerprint density at radius 1 is 0.800 bits per heavy atom. The second kappa shape index (κ2) is 6.83. The van der Waals surface area contributed by atoms with Crippen LogP contribution < -0.4 is 0 Å². The molecular formula is C14H28S. The highest BCUT2D eigenvalue weighted by Gasteiger charge is 2.37. The van der Waals surface area contributed by atoms with Crippen molar-refractivity contribution in [2.24, 2.45) is 11.8 Å². The van der Waals surface area contributed by atoms with Gasteiger partial charge in [0.1, 0.15) is 0 Å². The fourth-order valence-corrected chi connectivity index (χ4v) is 4.77. The third kappa shape index (κ3) is 3.69. The molecule has 1 aliphatic rings. The average molecular weight is 228 g/mol. The molecule has 1 heteroatoms. The topological polar surface area (TPSA) is 0 Å². The van der Waals surface area contributed by atoms with Crippen molar-refractivity contribution in [3.05, 3.63) is 0 Å². The van der Waals surface area contributed by atoms with Crippen molar-refractivity contribution in [1.82, 2.24) is 0 Å². The van der Waals surface area contributed by atoms with E-state index in [-0.39, 0.29) is 0 Å². The Balaban J connectivity index is 2.46. The maximum atomic E-state index is 2.45. The van der Waals surface area contributed by atoms with Gasteiger partial charge in [-0.05, 0) is 24.7 Å². The van der Waals surface area contributed by atoms with Gasteiger partial charge in [0.15, 0.2) is 0 Å². The van der Waals surface area contributed by atoms with Crippen LogP contribution in [-0.2, 0) is 0 Å². The normalized spacial score (nSPS) is 36.0. The SMILES string of the molecule is CCCCC1C(C)SC(C)C1CCCC. The highest BCUT2D eigenvalue weighted by Crippen LogP contribution is 2.47. The molecule has 0 saturated carbocycles. The molecule has 1 rings (SSSR count). The molecule has 4 unspecified atom stereocenters. The quantitative estimate of drug-likeness (QED) is 0.608. The van der Waals surface area contributed by atoms with E-state index in [0.29, 0.717) is 0 Å². The van der Waals surface area contributed by atoms with Gasteiger partial charge in [0.05, 0.1) is 0 Å². The third-order valence-electron chi connectivity index (χ3n) is 3.97. The standard InChI is InChI=1S/C14H28S/c1-5-7-9-13-11(3)15-12(4)14(13)10-8-6-2/h11-14H,5-10H2,1-4H3. The van der Waals surface area contributed by atoms with Gasteiger partial charge in [0.25, 0.3) is 0 Å². The second-order valence-corrected chi connectivity index (χ2v) is 6.92. The van der Waals surface area contributed by atoms with E-state index in [4.69, 9.17) is 0 Å². The second-order valence-electron chi connectivity index (χ2n) is 5.16. The molecule has 0 aromatic carbocycles. The van der Waals surface area contributed by atoms with Crippen LogP contribution in [0.25, 0.3) is 0 Å². The minimum atomic E-state index is 0.911. The van der Waals surface area contributed by atoms with Crippen LogP contribution in [0, 0.1) is 11.8 Å². The first-order valence-corrected chi connectivity index (χ1v) is 7.80. The highest BCUT2D eigenvalue weighted by atomic mass is 32.2. The molecule has 0 bridgehead atoms. The molecule has 1 heterocycles. The van der Waals surface area contributed by atoms with Gasteiger partial charge < -0.3 is 0 Å². The molecule has 0 nitrogen and oxygen atoms in total. The maximum absolute atomic E-state index is 2.45. The Labute approximate surface area is 101 Å². The molecule has 90 valence electrons. The van der Waals surface area contributed by atoms with E-state index in [1.807, 2.05) is 0 Å². The van der Waals surface area contributed by atoms with Crippen LogP contribution in [0.15, 0.2) is 0 Å². The zero-order chi connectivity index (χ0) is 11.3. The molecule has 0 N–H and O–H groups in total. The molecule has 15 heavy (non-hydrogen) atoms. The van der Waals surface area contributed by atoms with Gasteiger partial charge in [-0.2, -0.15) is 11.8 Å². The lowest BCUT2D eigenvalue weighted by Crippen LogP contribution is -2.20. The van der Waals surface area contributed by atoms with Crippen LogP contribution in [0.5, 0.6) is 0 Å². The molecule has 4 atom stereocenters. The Kier molecular flexibility index (Phi) is 6.11. The predicted molar refractivity (Wildman–Crippen MR) is 72.5 cm³/mol. The van der Waals surface area contributed by atoms with E-state index < -0.39 is 0 Å². The summed E-state index contributed by atoms with van der Waals surface area (Å²) in [6, 6.07) is 0. The van der Waals surface area contributed by atoms with Gasteiger partial charge in [0, 0.05) is 10.5 Å². The van der Waals surface area contributed by atoms with Gasteiger partial charge in [-0.15, -0.1) is 0 Å². The number of thioether (sulfide) groups is 1. The van der Waals surface area contributed by atoms with Crippen LogP contribution in [0.3, 0.4) is 0 Å². The number of hydrogen-bond donors (Lipinski definition) is 0. The third-order valence-corrected chi connectivity index (χ3v) is 5.52. The van der Waals surface area contributed by atoms with Crippen LogP contribution >= 0.6 is 11.8 Å². The minimum absolute atomic E-state index is 0.911. The lowest BCUT2D eigenvalue weighted by atomic mass is 9.81. The average Bonchev–Trinajstić information content (AvgIpc) is 2.47. The van der Waals surface area contributed by atoms with Gasteiger partial charge in [-0.1, -0.05) is 53.4 Å². The first kappa shape index (κ1) is 13.4. The summed E-state index contributed by atoms with van der Waals surface area (Å²) >= 11 is 2.24. The lowest BCUT2D eigenvalue weighted by Gasteiger charge is -2.23. The summed E-state index contributed by atoms with van der Waals surface area (Å²) in [5.41, 5.74) is 0. The van der Waals surface area contributed by atoms with Crippen molar-refractivity contribution in [3.63, 3.8) is 0 Å². The molecule has 1 aliphatic heterocycles. The van der Waals surface area contributed by atoms with Gasteiger partial charge in [-0.25, -0.2) is 0 Å². The van der Waals surface area contributed by atoms with E-state index in [1.165, 1.54) is 38.5 Å². The first-order chi connectivity index (χ1) is 7.20. The number of unbranched alkanes of at least 4 members (excludes halogenated alkanes) is 2. The van der Waals surface area contributed by atoms with E-state index in [0.717, 1.165) is 22.3 Å². The Morgan fingerprint density at radius 2 is 1.20 bits per heavy atom. The lowest BCUT2D eigenvalue weighted by molar-refractivity contribution is 0.300. The molecule has 0 radical (unpaired) electrons. The van der Waals surface area contributed by atoms with Crippen molar-refractivity contribution >= 4 is 11.8 Å². The van der Waals surface area contributed by atoms with Crippen LogP contribution in [0.1, 0.15) is 66.2 Å². The summed E-state index contributed by atoms with van der Waals surface area (Å²) in [4.78, 5) is 0. The van der Waals surface area contributed by atoms with E-state index in [1.54, 1.807) is 0 Å². The van der Waals surface area contributed by atoms with E-state index >= 15 is 0 Å². The smallest absolute Gasteiger partial charge is 0.00528 e. The molecule has 0 amide bonds. The Bertz CT molecular complexity index is 149. The fraction of sp³-hybridized carbons (Fsp3) is 1.00. The van der Waals surface area contributed by atoms with E-state index in [2.05, 4.69) is 39.5 Å². The van der Waals surface area contributed by atoms with Crippen LogP contribution in [-0.4, -0.2) is 10.5 Å². The summed E-state index contributed by atoms with van der Waals surface area (Å²) in [6.45, 7) is 9.54. The molecule has 1 fully saturated rings. The maximum Gasteiger partial charge on any atom is 0.00528 e. The number of rotatable bonds is 6. The monoisotopic (exact) mass is 228 g/mol. The van der Waals surface area contributed by atoms with Crippen LogP contribution in [0.4, 0.5) is 0 Å². The van der Waals surface area contributed by atoms with Crippen molar-refractivity contribution in [2.75, 3.05) is 0 Å². The summed E-state index contributed by atoms with van der Waals surface area (Å²) in [5, 5.41) is 1.82. The highest BCUT2D eigenvalue weighted by molar-refractivity contribution is 8.00. The first-order valence-electron chi connectivity index (χ1n) is 6.86. The zero-order valence-corrected chi connectivity index (χ0v) is 11.8. The number of hydrogen-bond acceptors (Lipinski definition) is 1. The van der Waals surface area contributed by atoms with Gasteiger partial charge >= 0.3 is 0 Å². The summed E-state index contributed by atoms with van der Waals surface area (Å²) in [7, 11) is 0. The van der Waals surface area contributed by atoms with Crippen LogP contribution in [0.2, 0.25) is 0 Å². The van der Waals surface area contributed by atoms with Gasteiger partial charge in [0.2, 0.25) is 0 Å². The molecule has 0 aliphatic carbocycles. The van der Waals surface area contributed by atoms with Crippen molar-refractivity contribution in [3.8, 4) is 0 Å². The van der Waals surface area contributed by atoms with Gasteiger partial charge in [-0.3, -0.25) is 0 Å². The van der Waals surface area contributed by atoms with Crippen molar-refractivity contribution in [1.29, 1.82) is 0 Å². The molecule has 0 aromatic heterocycles. The molecule has 0 aromatic rings. The van der Waals surface area contributed by atoms with Crippen molar-refractivity contribution < 1.29 is 0 Å².